The lowest BCUT2D eigenvalue weighted by Crippen LogP contribution is -2.40. The van der Waals surface area contributed by atoms with Gasteiger partial charge in [0.25, 0.3) is 5.91 Å². The Balaban J connectivity index is 1.37. The van der Waals surface area contributed by atoms with Gasteiger partial charge in [0.1, 0.15) is 17.8 Å². The van der Waals surface area contributed by atoms with Gasteiger partial charge in [-0.15, -0.1) is 0 Å². The average molecular weight is 574 g/mol. The number of nitrogens with one attached hydrogen (secondary N) is 1. The van der Waals surface area contributed by atoms with E-state index in [1.54, 1.807) is 28.9 Å². The normalized spacial score (nSPS) is 15.8. The van der Waals surface area contributed by atoms with Crippen molar-refractivity contribution in [1.82, 2.24) is 30.0 Å². The maximum absolute atomic E-state index is 13.0. The van der Waals surface area contributed by atoms with Gasteiger partial charge in [-0.3, -0.25) is 4.79 Å². The molecule has 0 aliphatic carbocycles. The number of aromatic nitrogens is 4. The van der Waals surface area contributed by atoms with Crippen molar-refractivity contribution in [3.8, 4) is 11.3 Å². The molecule has 0 saturated carbocycles. The number of hydrogen-bond acceptors (Lipinski definition) is 6. The summed E-state index contributed by atoms with van der Waals surface area (Å²) in [4.78, 5) is 33.9. The van der Waals surface area contributed by atoms with Crippen LogP contribution in [0.25, 0.3) is 22.3 Å². The molecule has 208 valence electrons. The van der Waals surface area contributed by atoms with Gasteiger partial charge < -0.3 is 21.1 Å². The maximum Gasteiger partial charge on any atom is 0.416 e. The first kappa shape index (κ1) is 27.2. The van der Waals surface area contributed by atoms with Crippen LogP contribution in [0.2, 0.25) is 5.02 Å². The van der Waals surface area contributed by atoms with Gasteiger partial charge in [0.05, 0.1) is 27.6 Å². The van der Waals surface area contributed by atoms with Gasteiger partial charge >= 0.3 is 12.3 Å². The number of likely N-dealkylation sites (tertiary alicyclic amines) is 1. The zero-order chi connectivity index (χ0) is 28.6. The molecule has 4 aromatic rings. The summed E-state index contributed by atoms with van der Waals surface area (Å²) in [6.07, 6.45) is -2.86. The van der Waals surface area contributed by atoms with Crippen LogP contribution in [0.5, 0.6) is 0 Å². The van der Waals surface area contributed by atoms with Gasteiger partial charge in [-0.1, -0.05) is 35.9 Å². The molecule has 5 rings (SSSR count). The number of alkyl halides is 3. The van der Waals surface area contributed by atoms with E-state index in [1.165, 1.54) is 11.2 Å². The smallest absolute Gasteiger partial charge is 0.416 e. The maximum atomic E-state index is 13.0. The SMILES string of the molecule is Nc1ncnc2c1c(-c1ccc(CNC(=O)c3cc(C(F)(F)F)ccc3Cl)cc1)nn2[C@@H]1CCCN(C(=O)O)C1. The Morgan fingerprint density at radius 1 is 1.15 bits per heavy atom. The van der Waals surface area contributed by atoms with E-state index in [2.05, 4.69) is 15.3 Å². The van der Waals surface area contributed by atoms with Gasteiger partial charge in [0, 0.05) is 25.2 Å². The fraction of sp³-hybridized carbons (Fsp3) is 0.269. The number of carboxylic acid groups (broad SMARTS) is 1. The molecule has 1 atom stereocenters. The van der Waals surface area contributed by atoms with E-state index < -0.39 is 23.7 Å². The molecule has 2 aromatic heterocycles. The number of halogens is 4. The molecule has 14 heteroatoms. The summed E-state index contributed by atoms with van der Waals surface area (Å²) in [6.45, 7) is 0.760. The molecule has 0 unspecified atom stereocenters. The first-order chi connectivity index (χ1) is 19.0. The number of piperidine rings is 1. The molecule has 3 heterocycles. The van der Waals surface area contributed by atoms with Crippen LogP contribution in [-0.4, -0.2) is 54.8 Å². The van der Waals surface area contributed by atoms with Crippen molar-refractivity contribution >= 4 is 40.5 Å². The van der Waals surface area contributed by atoms with E-state index in [1.807, 2.05) is 0 Å². The number of amides is 2. The van der Waals surface area contributed by atoms with Crippen molar-refractivity contribution < 1.29 is 27.9 Å². The van der Waals surface area contributed by atoms with Crippen LogP contribution >= 0.6 is 11.6 Å². The lowest BCUT2D eigenvalue weighted by atomic mass is 10.1. The van der Waals surface area contributed by atoms with Crippen molar-refractivity contribution in [2.24, 2.45) is 0 Å². The Kier molecular flexibility index (Phi) is 7.23. The molecule has 40 heavy (non-hydrogen) atoms. The van der Waals surface area contributed by atoms with E-state index in [4.69, 9.17) is 22.4 Å². The van der Waals surface area contributed by atoms with Crippen molar-refractivity contribution in [1.29, 1.82) is 0 Å². The van der Waals surface area contributed by atoms with Crippen molar-refractivity contribution in [3.63, 3.8) is 0 Å². The first-order valence-corrected chi connectivity index (χ1v) is 12.6. The van der Waals surface area contributed by atoms with E-state index in [0.29, 0.717) is 40.8 Å². The number of hydrogen-bond donors (Lipinski definition) is 3. The zero-order valence-electron chi connectivity index (χ0n) is 20.8. The lowest BCUT2D eigenvalue weighted by Gasteiger charge is -2.30. The first-order valence-electron chi connectivity index (χ1n) is 12.2. The van der Waals surface area contributed by atoms with Gasteiger partial charge in [-0.25, -0.2) is 19.4 Å². The Morgan fingerprint density at radius 2 is 1.90 bits per heavy atom. The third-order valence-electron chi connectivity index (χ3n) is 6.75. The minimum absolute atomic E-state index is 0.0409. The van der Waals surface area contributed by atoms with Gasteiger partial charge in [0.15, 0.2) is 5.65 Å². The van der Waals surface area contributed by atoms with Crippen molar-refractivity contribution in [2.75, 3.05) is 18.8 Å². The summed E-state index contributed by atoms with van der Waals surface area (Å²) in [7, 11) is 0. The molecular weight excluding hydrogens is 551 g/mol. The molecule has 1 aliphatic heterocycles. The highest BCUT2D eigenvalue weighted by Gasteiger charge is 2.32. The number of anilines is 1. The third kappa shape index (κ3) is 5.37. The molecule has 2 amide bonds. The number of rotatable bonds is 5. The largest absolute Gasteiger partial charge is 0.465 e. The molecule has 0 radical (unpaired) electrons. The van der Waals surface area contributed by atoms with Crippen LogP contribution in [0.3, 0.4) is 0 Å². The molecule has 1 fully saturated rings. The molecule has 4 N–H and O–H groups in total. The van der Waals surface area contributed by atoms with Gasteiger partial charge in [-0.05, 0) is 36.6 Å². The summed E-state index contributed by atoms with van der Waals surface area (Å²) < 4.78 is 40.8. The Morgan fingerprint density at radius 3 is 2.60 bits per heavy atom. The Bertz CT molecular complexity index is 1590. The number of benzene rings is 2. The highest BCUT2D eigenvalue weighted by atomic mass is 35.5. The Hall–Kier alpha value is -4.39. The highest BCUT2D eigenvalue weighted by Crippen LogP contribution is 2.34. The van der Waals surface area contributed by atoms with Crippen LogP contribution in [0.4, 0.5) is 23.8 Å². The van der Waals surface area contributed by atoms with Gasteiger partial charge in [-0.2, -0.15) is 18.3 Å². The topological polar surface area (TPSA) is 139 Å². The van der Waals surface area contributed by atoms with E-state index >= 15 is 0 Å². The summed E-state index contributed by atoms with van der Waals surface area (Å²) in [5.74, 6) is -0.510. The highest BCUT2D eigenvalue weighted by molar-refractivity contribution is 6.33. The summed E-state index contributed by atoms with van der Waals surface area (Å²) in [5.41, 5.74) is 7.33. The molecule has 10 nitrogen and oxygen atoms in total. The fourth-order valence-electron chi connectivity index (χ4n) is 4.71. The molecule has 1 saturated heterocycles. The number of carbonyl (C=O) groups excluding carboxylic acids is 1. The van der Waals surface area contributed by atoms with E-state index in [0.717, 1.165) is 24.6 Å². The monoisotopic (exact) mass is 573 g/mol. The average Bonchev–Trinajstić information content (AvgIpc) is 3.33. The second kappa shape index (κ2) is 10.6. The lowest BCUT2D eigenvalue weighted by molar-refractivity contribution is -0.137. The quantitative estimate of drug-likeness (QED) is 0.305. The van der Waals surface area contributed by atoms with Crippen LogP contribution in [0.1, 0.15) is 40.4 Å². The second-order valence-corrected chi connectivity index (χ2v) is 9.75. The Labute approximate surface area is 230 Å². The second-order valence-electron chi connectivity index (χ2n) is 9.35. The molecule has 0 bridgehead atoms. The van der Waals surface area contributed by atoms with E-state index in [9.17, 15) is 27.9 Å². The summed E-state index contributed by atoms with van der Waals surface area (Å²) in [5, 5.41) is 17.2. The minimum atomic E-state index is -4.60. The number of fused-ring (bicyclic) bond motifs is 1. The van der Waals surface area contributed by atoms with Crippen molar-refractivity contribution in [3.05, 3.63) is 70.5 Å². The van der Waals surface area contributed by atoms with Gasteiger partial charge in [0.2, 0.25) is 0 Å². The predicted molar refractivity (Wildman–Crippen MR) is 141 cm³/mol. The number of carbonyl (C=O) groups is 2. The van der Waals surface area contributed by atoms with E-state index in [-0.39, 0.29) is 35.5 Å². The standard InChI is InChI=1S/C26H23ClF3N7O3/c27-19-8-7-16(26(28,29)30)10-18(19)24(38)32-11-14-3-5-15(6-4-14)21-20-22(31)33-13-34-23(20)37(35-21)17-2-1-9-36(12-17)25(39)40/h3-8,10,13,17H,1-2,9,11-12H2,(H,32,38)(H,39,40)(H2,31,33,34)/t17-/m1/s1. The summed E-state index contributed by atoms with van der Waals surface area (Å²) >= 11 is 5.96. The third-order valence-corrected chi connectivity index (χ3v) is 7.08. The predicted octanol–water partition coefficient (Wildman–Crippen LogP) is 4.99. The summed E-state index contributed by atoms with van der Waals surface area (Å²) in [6, 6.07) is 9.35. The minimum Gasteiger partial charge on any atom is -0.465 e. The number of nitrogens with zero attached hydrogens (tertiary/aromatic N) is 5. The number of nitrogen functional groups attached to an aromatic ring is 1. The van der Waals surface area contributed by atoms with Crippen molar-refractivity contribution in [2.45, 2.75) is 31.6 Å². The molecule has 1 aliphatic rings. The van der Waals surface area contributed by atoms with Crippen LogP contribution in [0.15, 0.2) is 48.8 Å². The number of nitrogens with two attached hydrogens (primary N) is 1. The van der Waals surface area contributed by atoms with Crippen LogP contribution < -0.4 is 11.1 Å². The van der Waals surface area contributed by atoms with Crippen LogP contribution in [0, 0.1) is 0 Å². The fourth-order valence-corrected chi connectivity index (χ4v) is 4.92. The zero-order valence-corrected chi connectivity index (χ0v) is 21.6. The van der Waals surface area contributed by atoms with Crippen LogP contribution in [-0.2, 0) is 12.7 Å². The molecule has 2 aromatic carbocycles. The molecular formula is C26H23ClF3N7O3. The molecule has 0 spiro atoms.